The number of amides is 1. The molecule has 2 aliphatic rings. The van der Waals surface area contributed by atoms with E-state index in [9.17, 15) is 18.0 Å². The van der Waals surface area contributed by atoms with Crippen LogP contribution in [0.5, 0.6) is 5.88 Å². The molecule has 2 heterocycles. The summed E-state index contributed by atoms with van der Waals surface area (Å²) in [5.41, 5.74) is -1.44. The van der Waals surface area contributed by atoms with Gasteiger partial charge in [0.15, 0.2) is 5.69 Å². The molecule has 1 saturated heterocycles. The highest BCUT2D eigenvalue weighted by atomic mass is 19.4. The molecule has 1 aliphatic carbocycles. The monoisotopic (exact) mass is 387 g/mol. The summed E-state index contributed by atoms with van der Waals surface area (Å²) in [6.45, 7) is 6.87. The number of hydrogen-bond acceptors (Lipinski definition) is 5. The summed E-state index contributed by atoms with van der Waals surface area (Å²) in [5.74, 6) is 0.105. The van der Waals surface area contributed by atoms with Crippen LogP contribution in [-0.2, 0) is 10.9 Å². The number of carbonyl (C=O) groups is 1. The molecule has 3 rings (SSSR count). The Bertz CT molecular complexity index is 670. The number of likely N-dealkylation sites (tertiary alicyclic amines) is 1. The fraction of sp³-hybridized carbons (Fsp3) is 0.722. The maximum Gasteiger partial charge on any atom is 0.434 e. The van der Waals surface area contributed by atoms with Gasteiger partial charge in [-0.1, -0.05) is 0 Å². The number of alkyl halides is 3. The molecule has 1 aliphatic heterocycles. The van der Waals surface area contributed by atoms with Crippen molar-refractivity contribution >= 4 is 6.09 Å². The minimum atomic E-state index is -4.51. The molecular weight excluding hydrogens is 363 g/mol. The second-order valence-electron chi connectivity index (χ2n) is 8.39. The SMILES string of the molecule is CC(C)(C)OC(=O)N1CC2(CCC(Oc3cnc(C(F)(F)F)cn3)CC2)C1. The minimum absolute atomic E-state index is 0.0998. The molecule has 6 nitrogen and oxygen atoms in total. The highest BCUT2D eigenvalue weighted by Crippen LogP contribution is 2.45. The molecule has 2 fully saturated rings. The molecule has 1 amide bonds. The average molecular weight is 387 g/mol. The Labute approximate surface area is 156 Å². The molecule has 9 heteroatoms. The predicted octanol–water partition coefficient (Wildman–Crippen LogP) is 4.05. The van der Waals surface area contributed by atoms with E-state index in [0.29, 0.717) is 19.3 Å². The van der Waals surface area contributed by atoms with Gasteiger partial charge in [-0.25, -0.2) is 14.8 Å². The zero-order valence-electron chi connectivity index (χ0n) is 15.7. The van der Waals surface area contributed by atoms with Gasteiger partial charge in [0.2, 0.25) is 5.88 Å². The molecule has 1 spiro atoms. The molecule has 27 heavy (non-hydrogen) atoms. The maximum absolute atomic E-state index is 12.5. The lowest BCUT2D eigenvalue weighted by molar-refractivity contribution is -0.141. The van der Waals surface area contributed by atoms with Gasteiger partial charge in [0.05, 0.1) is 12.4 Å². The Morgan fingerprint density at radius 1 is 1.15 bits per heavy atom. The van der Waals surface area contributed by atoms with Gasteiger partial charge in [0.25, 0.3) is 0 Å². The Morgan fingerprint density at radius 2 is 1.78 bits per heavy atom. The summed E-state index contributed by atoms with van der Waals surface area (Å²) in [5, 5.41) is 0. The van der Waals surface area contributed by atoms with E-state index in [1.54, 1.807) is 4.90 Å². The van der Waals surface area contributed by atoms with Gasteiger partial charge in [-0.15, -0.1) is 0 Å². The largest absolute Gasteiger partial charge is 0.473 e. The summed E-state index contributed by atoms with van der Waals surface area (Å²) >= 11 is 0. The average Bonchev–Trinajstić information content (AvgIpc) is 2.51. The fourth-order valence-corrected chi connectivity index (χ4v) is 3.55. The number of aromatic nitrogens is 2. The number of nitrogens with zero attached hydrogens (tertiary/aromatic N) is 3. The van der Waals surface area contributed by atoms with Crippen LogP contribution in [0, 0.1) is 5.41 Å². The van der Waals surface area contributed by atoms with Gasteiger partial charge < -0.3 is 14.4 Å². The van der Waals surface area contributed by atoms with E-state index >= 15 is 0 Å². The quantitative estimate of drug-likeness (QED) is 0.766. The lowest BCUT2D eigenvalue weighted by Crippen LogP contribution is -2.60. The standard InChI is InChI=1S/C18H24F3N3O3/c1-16(2,3)27-15(25)24-10-17(11-24)6-4-12(5-7-17)26-14-9-22-13(8-23-14)18(19,20)21/h8-9,12H,4-7,10-11H2,1-3H3. The van der Waals surface area contributed by atoms with E-state index in [2.05, 4.69) is 9.97 Å². The van der Waals surface area contributed by atoms with Crippen LogP contribution in [0.2, 0.25) is 0 Å². The van der Waals surface area contributed by atoms with E-state index in [1.807, 2.05) is 20.8 Å². The van der Waals surface area contributed by atoms with Crippen molar-refractivity contribution in [2.24, 2.45) is 5.41 Å². The topological polar surface area (TPSA) is 64.5 Å². The molecule has 0 aromatic carbocycles. The van der Waals surface area contributed by atoms with Crippen LogP contribution in [0.1, 0.15) is 52.1 Å². The number of carbonyl (C=O) groups excluding carboxylic acids is 1. The first-order valence-corrected chi connectivity index (χ1v) is 9.00. The van der Waals surface area contributed by atoms with Crippen LogP contribution in [0.4, 0.5) is 18.0 Å². The van der Waals surface area contributed by atoms with Gasteiger partial charge in [0, 0.05) is 18.5 Å². The van der Waals surface area contributed by atoms with Crippen LogP contribution in [-0.4, -0.2) is 45.8 Å². The molecule has 0 bridgehead atoms. The van der Waals surface area contributed by atoms with E-state index in [0.717, 1.165) is 31.9 Å². The molecule has 0 atom stereocenters. The highest BCUT2D eigenvalue weighted by Gasteiger charge is 2.48. The Balaban J connectivity index is 1.46. The van der Waals surface area contributed by atoms with Gasteiger partial charge >= 0.3 is 12.3 Å². The molecule has 1 aromatic rings. The smallest absolute Gasteiger partial charge is 0.434 e. The van der Waals surface area contributed by atoms with Crippen LogP contribution in [0.15, 0.2) is 12.4 Å². The Kier molecular flexibility index (Phi) is 4.98. The Hall–Kier alpha value is -2.06. The molecule has 0 unspecified atom stereocenters. The van der Waals surface area contributed by atoms with Crippen molar-refractivity contribution in [1.29, 1.82) is 0 Å². The van der Waals surface area contributed by atoms with Crippen LogP contribution in [0.25, 0.3) is 0 Å². The van der Waals surface area contributed by atoms with Crippen molar-refractivity contribution in [2.75, 3.05) is 13.1 Å². The van der Waals surface area contributed by atoms with Crippen molar-refractivity contribution < 1.29 is 27.4 Å². The highest BCUT2D eigenvalue weighted by molar-refractivity contribution is 5.69. The fourth-order valence-electron chi connectivity index (χ4n) is 3.55. The van der Waals surface area contributed by atoms with Crippen molar-refractivity contribution in [1.82, 2.24) is 14.9 Å². The predicted molar refractivity (Wildman–Crippen MR) is 90.2 cm³/mol. The van der Waals surface area contributed by atoms with Crippen LogP contribution >= 0.6 is 0 Å². The van der Waals surface area contributed by atoms with Crippen LogP contribution in [0.3, 0.4) is 0 Å². The number of hydrogen-bond donors (Lipinski definition) is 0. The van der Waals surface area contributed by atoms with E-state index < -0.39 is 17.5 Å². The maximum atomic E-state index is 12.5. The van der Waals surface area contributed by atoms with E-state index in [-0.39, 0.29) is 23.5 Å². The van der Waals surface area contributed by atoms with Gasteiger partial charge in [-0.05, 0) is 46.5 Å². The zero-order chi connectivity index (χ0) is 19.9. The zero-order valence-corrected chi connectivity index (χ0v) is 15.7. The van der Waals surface area contributed by atoms with E-state index in [4.69, 9.17) is 9.47 Å². The lowest BCUT2D eigenvalue weighted by Gasteiger charge is -2.52. The minimum Gasteiger partial charge on any atom is -0.473 e. The summed E-state index contributed by atoms with van der Waals surface area (Å²) in [6.07, 6.45) is 0.132. The van der Waals surface area contributed by atoms with Crippen molar-refractivity contribution in [2.45, 2.75) is 64.3 Å². The molecule has 150 valence electrons. The normalized spacial score (nSPS) is 20.3. The second kappa shape index (κ2) is 6.83. The lowest BCUT2D eigenvalue weighted by atomic mass is 9.68. The summed E-state index contributed by atoms with van der Waals surface area (Å²) in [4.78, 5) is 20.8. The summed E-state index contributed by atoms with van der Waals surface area (Å²) in [7, 11) is 0. The molecule has 0 N–H and O–H groups in total. The van der Waals surface area contributed by atoms with Gasteiger partial charge in [-0.2, -0.15) is 13.2 Å². The first kappa shape index (κ1) is 19.7. The van der Waals surface area contributed by atoms with Crippen molar-refractivity contribution in [3.63, 3.8) is 0 Å². The first-order valence-electron chi connectivity index (χ1n) is 9.00. The molecule has 1 saturated carbocycles. The third-order valence-electron chi connectivity index (χ3n) is 4.90. The third kappa shape index (κ3) is 4.81. The molecular formula is C18H24F3N3O3. The number of halogens is 3. The van der Waals surface area contributed by atoms with E-state index in [1.165, 1.54) is 0 Å². The van der Waals surface area contributed by atoms with Crippen molar-refractivity contribution in [3.05, 3.63) is 18.1 Å². The third-order valence-corrected chi connectivity index (χ3v) is 4.90. The first-order chi connectivity index (χ1) is 12.5. The number of rotatable bonds is 2. The Morgan fingerprint density at radius 3 is 2.26 bits per heavy atom. The van der Waals surface area contributed by atoms with Crippen molar-refractivity contribution in [3.8, 4) is 5.88 Å². The molecule has 1 aromatic heterocycles. The summed E-state index contributed by atoms with van der Waals surface area (Å²) in [6, 6.07) is 0. The van der Waals surface area contributed by atoms with Crippen LogP contribution < -0.4 is 4.74 Å². The summed E-state index contributed by atoms with van der Waals surface area (Å²) < 4.78 is 48.6. The van der Waals surface area contributed by atoms with Gasteiger partial charge in [-0.3, -0.25) is 0 Å². The van der Waals surface area contributed by atoms with Gasteiger partial charge in [0.1, 0.15) is 11.7 Å². The molecule has 0 radical (unpaired) electrons. The second-order valence-corrected chi connectivity index (χ2v) is 8.39. The number of ether oxygens (including phenoxy) is 2.